The highest BCUT2D eigenvalue weighted by molar-refractivity contribution is 6.35. The van der Waals surface area contributed by atoms with Crippen molar-refractivity contribution >= 4 is 28.2 Å². The van der Waals surface area contributed by atoms with Crippen LogP contribution in [0.15, 0.2) is 33.8 Å². The molecule has 1 aromatic carbocycles. The third-order valence-electron chi connectivity index (χ3n) is 5.86. The van der Waals surface area contributed by atoms with E-state index in [1.807, 2.05) is 19.1 Å². The second-order valence-corrected chi connectivity index (χ2v) is 8.24. The maximum absolute atomic E-state index is 13.6. The van der Waals surface area contributed by atoms with Crippen molar-refractivity contribution in [3.63, 3.8) is 0 Å². The second-order valence-electron chi connectivity index (χ2n) is 7.84. The summed E-state index contributed by atoms with van der Waals surface area (Å²) in [5.41, 5.74) is 2.00. The molecule has 0 spiro atoms. The van der Waals surface area contributed by atoms with Crippen LogP contribution < -0.4 is 5.56 Å². The van der Waals surface area contributed by atoms with Crippen LogP contribution >= 0.6 is 11.6 Å². The molecule has 1 aliphatic rings. The van der Waals surface area contributed by atoms with Crippen LogP contribution in [0.25, 0.3) is 28.1 Å². The number of ether oxygens (including phenoxy) is 1. The van der Waals surface area contributed by atoms with E-state index >= 15 is 0 Å². The monoisotopic (exact) mass is 427 g/mol. The van der Waals surface area contributed by atoms with E-state index in [1.54, 1.807) is 28.5 Å². The van der Waals surface area contributed by atoms with Crippen LogP contribution in [0.4, 0.5) is 0 Å². The molecule has 1 unspecified atom stereocenters. The first-order valence-electron chi connectivity index (χ1n) is 10.1. The summed E-state index contributed by atoms with van der Waals surface area (Å²) >= 11 is 6.50. The molecule has 1 saturated carbocycles. The molecule has 0 radical (unpaired) electrons. The second kappa shape index (κ2) is 7.52. The minimum Gasteiger partial charge on any atom is -0.383 e. The molecular formula is C21H22ClN5O3. The predicted octanol–water partition coefficient (Wildman–Crippen LogP) is 4.22. The first-order chi connectivity index (χ1) is 14.6. The van der Waals surface area contributed by atoms with E-state index < -0.39 is 0 Å². The Morgan fingerprint density at radius 1 is 1.30 bits per heavy atom. The van der Waals surface area contributed by atoms with Gasteiger partial charge in [-0.1, -0.05) is 35.7 Å². The first-order valence-corrected chi connectivity index (χ1v) is 10.5. The molecule has 4 aromatic rings. The van der Waals surface area contributed by atoms with E-state index in [4.69, 9.17) is 20.9 Å². The van der Waals surface area contributed by atoms with Crippen LogP contribution in [0.2, 0.25) is 5.02 Å². The Morgan fingerprint density at radius 2 is 2.10 bits per heavy atom. The number of fused-ring (bicyclic) bond motifs is 3. The molecule has 3 heterocycles. The summed E-state index contributed by atoms with van der Waals surface area (Å²) in [5.74, 6) is 1.25. The van der Waals surface area contributed by atoms with Gasteiger partial charge in [0.15, 0.2) is 0 Å². The number of rotatable bonds is 5. The van der Waals surface area contributed by atoms with E-state index in [0.717, 1.165) is 18.4 Å². The van der Waals surface area contributed by atoms with Crippen molar-refractivity contribution in [1.29, 1.82) is 0 Å². The van der Waals surface area contributed by atoms with Gasteiger partial charge < -0.3 is 9.26 Å². The number of para-hydroxylation sites is 1. The molecule has 0 N–H and O–H groups in total. The lowest BCUT2D eigenvalue weighted by Crippen LogP contribution is -2.28. The molecule has 3 aromatic heterocycles. The molecule has 30 heavy (non-hydrogen) atoms. The average molecular weight is 428 g/mol. The third kappa shape index (κ3) is 2.94. The molecule has 5 rings (SSSR count). The van der Waals surface area contributed by atoms with Gasteiger partial charge in [-0.2, -0.15) is 4.98 Å². The normalized spacial score (nSPS) is 16.1. The highest BCUT2D eigenvalue weighted by atomic mass is 35.5. The van der Waals surface area contributed by atoms with Crippen LogP contribution in [0, 0.1) is 0 Å². The molecule has 0 aliphatic heterocycles. The van der Waals surface area contributed by atoms with Gasteiger partial charge in [-0.15, -0.1) is 0 Å². The highest BCUT2D eigenvalue weighted by Gasteiger charge is 2.26. The number of hydrogen-bond donors (Lipinski definition) is 0. The molecule has 1 fully saturated rings. The van der Waals surface area contributed by atoms with Crippen molar-refractivity contribution in [1.82, 2.24) is 24.1 Å². The van der Waals surface area contributed by atoms with Gasteiger partial charge in [-0.3, -0.25) is 13.8 Å². The zero-order valence-corrected chi connectivity index (χ0v) is 17.6. The lowest BCUT2D eigenvalue weighted by Gasteiger charge is -2.19. The predicted molar refractivity (Wildman–Crippen MR) is 113 cm³/mol. The van der Waals surface area contributed by atoms with Crippen molar-refractivity contribution in [3.8, 4) is 11.5 Å². The van der Waals surface area contributed by atoms with Crippen LogP contribution in [-0.2, 0) is 4.74 Å². The molecule has 0 bridgehead atoms. The van der Waals surface area contributed by atoms with Crippen molar-refractivity contribution < 1.29 is 9.26 Å². The Labute approximate surface area is 177 Å². The van der Waals surface area contributed by atoms with Crippen molar-refractivity contribution in [3.05, 3.63) is 45.8 Å². The summed E-state index contributed by atoms with van der Waals surface area (Å²) in [6, 6.07) is 5.31. The van der Waals surface area contributed by atoms with Gasteiger partial charge in [-0.25, -0.2) is 4.98 Å². The van der Waals surface area contributed by atoms with Crippen molar-refractivity contribution in [2.75, 3.05) is 13.7 Å². The fourth-order valence-corrected chi connectivity index (χ4v) is 4.72. The fourth-order valence-electron chi connectivity index (χ4n) is 4.46. The summed E-state index contributed by atoms with van der Waals surface area (Å²) < 4.78 is 14.2. The maximum Gasteiger partial charge on any atom is 0.278 e. The zero-order chi connectivity index (χ0) is 20.8. The Hall–Kier alpha value is -2.71. The number of methoxy groups -OCH3 is 1. The SMILES string of the molecule is COCC(C)n1c(=O)c2c(-c3noc(C4CCCC4)n3)ncn2c2cccc(Cl)c21. The topological polar surface area (TPSA) is 87.5 Å². The quantitative estimate of drug-likeness (QED) is 0.474. The molecule has 0 saturated heterocycles. The van der Waals surface area contributed by atoms with Gasteiger partial charge in [0.2, 0.25) is 11.7 Å². The number of hydrogen-bond acceptors (Lipinski definition) is 6. The largest absolute Gasteiger partial charge is 0.383 e. The van der Waals surface area contributed by atoms with Gasteiger partial charge in [0.05, 0.1) is 28.7 Å². The Balaban J connectivity index is 1.76. The molecule has 8 nitrogen and oxygen atoms in total. The van der Waals surface area contributed by atoms with Crippen molar-refractivity contribution in [2.45, 2.75) is 44.6 Å². The molecule has 0 amide bonds. The Kier molecular flexibility index (Phi) is 4.83. The molecule has 1 atom stereocenters. The maximum atomic E-state index is 13.6. The summed E-state index contributed by atoms with van der Waals surface area (Å²) in [7, 11) is 1.61. The smallest absolute Gasteiger partial charge is 0.278 e. The van der Waals surface area contributed by atoms with E-state index in [1.165, 1.54) is 12.8 Å². The summed E-state index contributed by atoms with van der Waals surface area (Å²) in [6.45, 7) is 2.29. The number of aromatic nitrogens is 5. The molecule has 156 valence electrons. The molecular weight excluding hydrogens is 406 g/mol. The Bertz CT molecular complexity index is 1290. The summed E-state index contributed by atoms with van der Waals surface area (Å²) in [6.07, 6.45) is 6.06. The molecule has 9 heteroatoms. The standard InChI is InChI=1S/C21H22ClN5O3/c1-12(10-29-2)27-17-14(22)8-5-9-15(17)26-11-23-16(18(26)21(27)28)19-24-20(30-25-19)13-6-3-4-7-13/h5,8-9,11-13H,3-4,6-7,10H2,1-2H3. The number of benzene rings is 1. The highest BCUT2D eigenvalue weighted by Crippen LogP contribution is 2.34. The van der Waals surface area contributed by atoms with Gasteiger partial charge in [-0.05, 0) is 31.9 Å². The van der Waals surface area contributed by atoms with Crippen LogP contribution in [0.1, 0.15) is 50.5 Å². The van der Waals surface area contributed by atoms with Gasteiger partial charge in [0.1, 0.15) is 17.5 Å². The lowest BCUT2D eigenvalue weighted by molar-refractivity contribution is 0.162. The Morgan fingerprint density at radius 3 is 2.87 bits per heavy atom. The van der Waals surface area contributed by atoms with Gasteiger partial charge in [0.25, 0.3) is 5.56 Å². The minimum absolute atomic E-state index is 0.222. The minimum atomic E-state index is -0.225. The van der Waals surface area contributed by atoms with Crippen LogP contribution in [0.3, 0.4) is 0 Å². The average Bonchev–Trinajstić information content (AvgIpc) is 3.48. The zero-order valence-electron chi connectivity index (χ0n) is 16.8. The molecule has 1 aliphatic carbocycles. The summed E-state index contributed by atoms with van der Waals surface area (Å²) in [5, 5.41) is 4.64. The van der Waals surface area contributed by atoms with E-state index in [0.29, 0.717) is 40.1 Å². The van der Waals surface area contributed by atoms with Crippen molar-refractivity contribution in [2.24, 2.45) is 0 Å². The van der Waals surface area contributed by atoms with Crippen LogP contribution in [0.5, 0.6) is 0 Å². The van der Waals surface area contributed by atoms with Crippen LogP contribution in [-0.4, -0.2) is 37.8 Å². The lowest BCUT2D eigenvalue weighted by atomic mass is 10.1. The summed E-state index contributed by atoms with van der Waals surface area (Å²) in [4.78, 5) is 22.7. The van der Waals surface area contributed by atoms with Gasteiger partial charge in [0, 0.05) is 13.0 Å². The number of nitrogens with zero attached hydrogens (tertiary/aromatic N) is 5. The third-order valence-corrected chi connectivity index (χ3v) is 6.17. The number of halogens is 1. The van der Waals surface area contributed by atoms with Gasteiger partial charge >= 0.3 is 0 Å². The van der Waals surface area contributed by atoms with E-state index in [2.05, 4.69) is 15.1 Å². The van der Waals surface area contributed by atoms with E-state index in [-0.39, 0.29) is 17.5 Å². The number of imidazole rings is 1. The first kappa shape index (κ1) is 19.3. The van der Waals surface area contributed by atoms with E-state index in [9.17, 15) is 4.79 Å². The fraction of sp³-hybridized carbons (Fsp3) is 0.429.